The maximum atomic E-state index is 13.0. The van der Waals surface area contributed by atoms with Gasteiger partial charge in [-0.3, -0.25) is 14.6 Å². The second kappa shape index (κ2) is 8.73. The molecule has 2 aromatic carbocycles. The molecule has 0 radical (unpaired) electrons. The predicted octanol–water partition coefficient (Wildman–Crippen LogP) is 4.47. The first-order valence-corrected chi connectivity index (χ1v) is 10.4. The van der Waals surface area contributed by atoms with Gasteiger partial charge < -0.3 is 14.7 Å². The van der Waals surface area contributed by atoms with Gasteiger partial charge in [0.2, 0.25) is 0 Å². The van der Waals surface area contributed by atoms with Crippen LogP contribution >= 0.6 is 15.9 Å². The molecule has 1 aliphatic rings. The molecule has 2 heterocycles. The molecule has 1 aliphatic heterocycles. The van der Waals surface area contributed by atoms with E-state index >= 15 is 0 Å². The first kappa shape index (κ1) is 20.8. The molecule has 3 aromatic rings. The van der Waals surface area contributed by atoms with Crippen LogP contribution in [0.4, 0.5) is 0 Å². The number of Topliss-reactive ketones (excluding diaryl/α,β-unsaturated/α-hetero) is 1. The molecule has 156 valence electrons. The lowest BCUT2D eigenvalue weighted by molar-refractivity contribution is -0.140. The van der Waals surface area contributed by atoms with E-state index in [4.69, 9.17) is 4.74 Å². The number of hydrogen-bond acceptors (Lipinski definition) is 5. The third kappa shape index (κ3) is 4.09. The summed E-state index contributed by atoms with van der Waals surface area (Å²) in [5.74, 6) is -0.958. The Morgan fingerprint density at radius 1 is 1.03 bits per heavy atom. The summed E-state index contributed by atoms with van der Waals surface area (Å²) in [6, 6.07) is 16.9. The highest BCUT2D eigenvalue weighted by molar-refractivity contribution is 9.10. The first-order valence-electron chi connectivity index (χ1n) is 9.57. The number of rotatable bonds is 5. The van der Waals surface area contributed by atoms with Crippen LogP contribution in [0, 0.1) is 0 Å². The van der Waals surface area contributed by atoms with Crippen LogP contribution < -0.4 is 4.74 Å². The van der Waals surface area contributed by atoms with E-state index in [1.54, 1.807) is 55.9 Å². The van der Waals surface area contributed by atoms with E-state index in [9.17, 15) is 14.7 Å². The molecule has 1 atom stereocenters. The number of ether oxygens (including phenoxy) is 1. The fourth-order valence-corrected chi connectivity index (χ4v) is 3.89. The monoisotopic (exact) mass is 478 g/mol. The van der Waals surface area contributed by atoms with Gasteiger partial charge in [-0.2, -0.15) is 0 Å². The van der Waals surface area contributed by atoms with Crippen molar-refractivity contribution >= 4 is 33.4 Å². The molecule has 4 rings (SSSR count). The molecular formula is C24H19BrN2O4. The number of pyridine rings is 1. The van der Waals surface area contributed by atoms with Gasteiger partial charge in [0.05, 0.1) is 18.7 Å². The molecule has 1 amide bonds. The van der Waals surface area contributed by atoms with E-state index in [2.05, 4.69) is 20.9 Å². The number of carbonyl (C=O) groups excluding carboxylic acids is 2. The summed E-state index contributed by atoms with van der Waals surface area (Å²) < 4.78 is 6.03. The van der Waals surface area contributed by atoms with Crippen molar-refractivity contribution in [2.75, 3.05) is 7.11 Å². The van der Waals surface area contributed by atoms with Gasteiger partial charge in [0.15, 0.2) is 0 Å². The zero-order valence-electron chi connectivity index (χ0n) is 16.7. The maximum Gasteiger partial charge on any atom is 0.295 e. The van der Waals surface area contributed by atoms with Crippen LogP contribution in [0.2, 0.25) is 0 Å². The molecule has 0 spiro atoms. The SMILES string of the molecule is COc1ccc(/C(O)=C2/C(=O)C(=O)N(Cc3ccncc3)C2c2ccc(Br)cc2)cc1. The molecule has 1 unspecified atom stereocenters. The van der Waals surface area contributed by atoms with E-state index < -0.39 is 17.7 Å². The van der Waals surface area contributed by atoms with Gasteiger partial charge in [0.25, 0.3) is 11.7 Å². The molecule has 1 N–H and O–H groups in total. The lowest BCUT2D eigenvalue weighted by Gasteiger charge is -2.25. The normalized spacial score (nSPS) is 17.7. The second-order valence-corrected chi connectivity index (χ2v) is 7.98. The summed E-state index contributed by atoms with van der Waals surface area (Å²) in [6.45, 7) is 0.215. The van der Waals surface area contributed by atoms with E-state index in [0.717, 1.165) is 15.6 Å². The quantitative estimate of drug-likeness (QED) is 0.332. The highest BCUT2D eigenvalue weighted by Crippen LogP contribution is 2.40. The molecule has 0 saturated carbocycles. The molecular weight excluding hydrogens is 460 g/mol. The highest BCUT2D eigenvalue weighted by Gasteiger charge is 2.46. The Morgan fingerprint density at radius 3 is 2.29 bits per heavy atom. The van der Waals surface area contributed by atoms with Crippen LogP contribution in [-0.4, -0.2) is 33.8 Å². The molecule has 7 heteroatoms. The number of amides is 1. The van der Waals surface area contributed by atoms with Crippen molar-refractivity contribution < 1.29 is 19.4 Å². The zero-order valence-corrected chi connectivity index (χ0v) is 18.2. The fourth-order valence-electron chi connectivity index (χ4n) is 3.62. The first-order chi connectivity index (χ1) is 15.0. The molecule has 1 fully saturated rings. The lowest BCUT2D eigenvalue weighted by Crippen LogP contribution is -2.29. The van der Waals surface area contributed by atoms with E-state index in [0.29, 0.717) is 11.3 Å². The molecule has 1 aromatic heterocycles. The van der Waals surface area contributed by atoms with Crippen molar-refractivity contribution in [3.63, 3.8) is 0 Å². The number of benzene rings is 2. The minimum absolute atomic E-state index is 0.0616. The van der Waals surface area contributed by atoms with Crippen LogP contribution in [0.15, 0.2) is 83.1 Å². The van der Waals surface area contributed by atoms with Crippen LogP contribution in [0.3, 0.4) is 0 Å². The number of nitrogens with zero attached hydrogens (tertiary/aromatic N) is 2. The number of hydrogen-bond donors (Lipinski definition) is 1. The van der Waals surface area contributed by atoms with E-state index in [1.807, 2.05) is 24.3 Å². The van der Waals surface area contributed by atoms with Gasteiger partial charge in [-0.25, -0.2) is 0 Å². The molecule has 6 nitrogen and oxygen atoms in total. The summed E-state index contributed by atoms with van der Waals surface area (Å²) in [6.07, 6.45) is 3.27. The van der Waals surface area contributed by atoms with Gasteiger partial charge in [0.1, 0.15) is 11.5 Å². The van der Waals surface area contributed by atoms with Crippen molar-refractivity contribution in [1.82, 2.24) is 9.88 Å². The fraction of sp³-hybridized carbons (Fsp3) is 0.125. The number of ketones is 1. The predicted molar refractivity (Wildman–Crippen MR) is 119 cm³/mol. The second-order valence-electron chi connectivity index (χ2n) is 7.06. The van der Waals surface area contributed by atoms with Crippen LogP contribution in [0.5, 0.6) is 5.75 Å². The lowest BCUT2D eigenvalue weighted by atomic mass is 9.95. The highest BCUT2D eigenvalue weighted by atomic mass is 79.9. The Labute approximate surface area is 187 Å². The molecule has 0 aliphatic carbocycles. The Balaban J connectivity index is 1.84. The summed E-state index contributed by atoms with van der Waals surface area (Å²) in [5.41, 5.74) is 2.06. The minimum atomic E-state index is -0.719. The summed E-state index contributed by atoms with van der Waals surface area (Å²) in [4.78, 5) is 31.5. The van der Waals surface area contributed by atoms with Gasteiger partial charge in [-0.1, -0.05) is 28.1 Å². The number of aliphatic hydroxyl groups excluding tert-OH is 1. The van der Waals surface area contributed by atoms with Gasteiger partial charge in [-0.05, 0) is 59.7 Å². The van der Waals surface area contributed by atoms with Crippen molar-refractivity contribution in [3.05, 3.63) is 99.8 Å². The average molecular weight is 479 g/mol. The third-order valence-electron chi connectivity index (χ3n) is 5.19. The van der Waals surface area contributed by atoms with Crippen LogP contribution in [0.25, 0.3) is 5.76 Å². The maximum absolute atomic E-state index is 13.0. The number of aliphatic hydroxyl groups is 1. The topological polar surface area (TPSA) is 79.7 Å². The van der Waals surface area contributed by atoms with Gasteiger partial charge in [0, 0.05) is 29.0 Å². The largest absolute Gasteiger partial charge is 0.507 e. The van der Waals surface area contributed by atoms with Crippen molar-refractivity contribution in [2.45, 2.75) is 12.6 Å². The van der Waals surface area contributed by atoms with Gasteiger partial charge in [-0.15, -0.1) is 0 Å². The Bertz CT molecular complexity index is 1140. The Hall–Kier alpha value is -3.45. The summed E-state index contributed by atoms with van der Waals surface area (Å²) in [5, 5.41) is 11.1. The van der Waals surface area contributed by atoms with E-state index in [-0.39, 0.29) is 17.9 Å². The number of likely N-dealkylation sites (tertiary alicyclic amines) is 1. The third-order valence-corrected chi connectivity index (χ3v) is 5.72. The Kier molecular flexibility index (Phi) is 5.86. The number of halogens is 1. The standard InChI is InChI=1S/C24H19BrN2O4/c1-31-19-8-4-17(5-9-19)22(28)20-21(16-2-6-18(25)7-3-16)27(24(30)23(20)29)14-15-10-12-26-13-11-15/h2-13,21,28H,14H2,1H3/b22-20-. The average Bonchev–Trinajstić information content (AvgIpc) is 3.05. The number of methoxy groups -OCH3 is 1. The Morgan fingerprint density at radius 2 is 1.68 bits per heavy atom. The van der Waals surface area contributed by atoms with Gasteiger partial charge >= 0.3 is 0 Å². The molecule has 0 bridgehead atoms. The number of carbonyl (C=O) groups is 2. The van der Waals surface area contributed by atoms with Crippen LogP contribution in [0.1, 0.15) is 22.7 Å². The summed E-state index contributed by atoms with van der Waals surface area (Å²) in [7, 11) is 1.55. The number of aromatic nitrogens is 1. The minimum Gasteiger partial charge on any atom is -0.507 e. The molecule has 1 saturated heterocycles. The van der Waals surface area contributed by atoms with Crippen molar-refractivity contribution in [2.24, 2.45) is 0 Å². The molecule has 31 heavy (non-hydrogen) atoms. The smallest absolute Gasteiger partial charge is 0.295 e. The van der Waals surface area contributed by atoms with Crippen molar-refractivity contribution in [1.29, 1.82) is 0 Å². The van der Waals surface area contributed by atoms with E-state index in [1.165, 1.54) is 4.90 Å². The zero-order chi connectivity index (χ0) is 22.0. The summed E-state index contributed by atoms with van der Waals surface area (Å²) >= 11 is 3.41. The van der Waals surface area contributed by atoms with Crippen molar-refractivity contribution in [3.8, 4) is 5.75 Å². The van der Waals surface area contributed by atoms with Crippen LogP contribution in [-0.2, 0) is 16.1 Å².